The van der Waals surface area contributed by atoms with E-state index in [0.717, 1.165) is 5.01 Å². The van der Waals surface area contributed by atoms with Crippen LogP contribution in [0.15, 0.2) is 24.3 Å². The minimum absolute atomic E-state index is 0.328. The zero-order valence-corrected chi connectivity index (χ0v) is 9.81. The van der Waals surface area contributed by atoms with Gasteiger partial charge >= 0.3 is 0 Å². The predicted molar refractivity (Wildman–Crippen MR) is 60.7 cm³/mol. The van der Waals surface area contributed by atoms with Crippen LogP contribution in [0.2, 0.25) is 9.49 Å². The van der Waals surface area contributed by atoms with Crippen LogP contribution in [0, 0.1) is 0 Å². The average Bonchev–Trinajstić information content (AvgIpc) is 2.63. The summed E-state index contributed by atoms with van der Waals surface area (Å²) < 4.78 is 5.86. The van der Waals surface area contributed by atoms with E-state index in [1.54, 1.807) is 12.1 Å². The Kier molecular flexibility index (Phi) is 3.41. The topological polar surface area (TPSA) is 35.0 Å². The molecule has 1 aromatic heterocycles. The summed E-state index contributed by atoms with van der Waals surface area (Å²) in [5.74, 6) is 0.630. The summed E-state index contributed by atoms with van der Waals surface area (Å²) in [7, 11) is 0. The number of para-hydroxylation sites is 1. The van der Waals surface area contributed by atoms with E-state index >= 15 is 0 Å². The van der Waals surface area contributed by atoms with Gasteiger partial charge in [0, 0.05) is 0 Å². The fourth-order valence-electron chi connectivity index (χ4n) is 0.993. The van der Waals surface area contributed by atoms with E-state index < -0.39 is 0 Å². The van der Waals surface area contributed by atoms with E-state index in [1.165, 1.54) is 11.3 Å². The number of halogens is 2. The number of benzene rings is 1. The molecule has 0 aliphatic heterocycles. The zero-order valence-electron chi connectivity index (χ0n) is 7.48. The first-order valence-corrected chi connectivity index (χ1v) is 5.68. The van der Waals surface area contributed by atoms with Gasteiger partial charge in [-0.15, -0.1) is 10.2 Å². The molecule has 0 unspecified atom stereocenters. The molecular formula is C9H6Cl2N2OS. The normalized spacial score (nSPS) is 10.3. The molecular weight excluding hydrogens is 255 g/mol. The third-order valence-corrected chi connectivity index (χ3v) is 2.93. The van der Waals surface area contributed by atoms with Crippen LogP contribution in [0.3, 0.4) is 0 Å². The van der Waals surface area contributed by atoms with Gasteiger partial charge in [-0.2, -0.15) is 0 Å². The van der Waals surface area contributed by atoms with Gasteiger partial charge < -0.3 is 4.74 Å². The monoisotopic (exact) mass is 260 g/mol. The van der Waals surface area contributed by atoms with Crippen molar-refractivity contribution in [1.29, 1.82) is 0 Å². The van der Waals surface area contributed by atoms with Crippen molar-refractivity contribution in [1.82, 2.24) is 10.2 Å². The highest BCUT2D eigenvalue weighted by Crippen LogP contribution is 2.24. The lowest BCUT2D eigenvalue weighted by Crippen LogP contribution is -1.95. The molecule has 6 heteroatoms. The largest absolute Gasteiger partial charge is 0.485 e. The molecule has 78 valence electrons. The van der Waals surface area contributed by atoms with Crippen LogP contribution in [0.1, 0.15) is 5.01 Å². The van der Waals surface area contributed by atoms with Crippen molar-refractivity contribution in [2.75, 3.05) is 0 Å². The first kappa shape index (κ1) is 10.7. The lowest BCUT2D eigenvalue weighted by Gasteiger charge is -2.04. The molecule has 1 aromatic carbocycles. The smallest absolute Gasteiger partial charge is 0.207 e. The van der Waals surface area contributed by atoms with Gasteiger partial charge in [-0.05, 0) is 23.7 Å². The van der Waals surface area contributed by atoms with Crippen molar-refractivity contribution in [3.8, 4) is 5.75 Å². The molecule has 0 N–H and O–H groups in total. The quantitative estimate of drug-likeness (QED) is 0.849. The summed E-state index contributed by atoms with van der Waals surface area (Å²) in [5, 5.41) is 8.80. The number of hydrogen-bond acceptors (Lipinski definition) is 4. The highest BCUT2D eigenvalue weighted by atomic mass is 35.5. The SMILES string of the molecule is Clc1nnc(COc2ccccc2Cl)s1. The second-order valence-electron chi connectivity index (χ2n) is 2.67. The minimum Gasteiger partial charge on any atom is -0.485 e. The minimum atomic E-state index is 0.328. The maximum atomic E-state index is 5.91. The van der Waals surface area contributed by atoms with Gasteiger partial charge in [-0.3, -0.25) is 0 Å². The van der Waals surface area contributed by atoms with Crippen molar-refractivity contribution < 1.29 is 4.74 Å². The van der Waals surface area contributed by atoms with Crippen LogP contribution in [0.25, 0.3) is 0 Å². The summed E-state index contributed by atoms with van der Waals surface area (Å²) in [6, 6.07) is 7.26. The van der Waals surface area contributed by atoms with Crippen molar-refractivity contribution in [3.63, 3.8) is 0 Å². The highest BCUT2D eigenvalue weighted by molar-refractivity contribution is 7.15. The number of aromatic nitrogens is 2. The summed E-state index contributed by atoms with van der Waals surface area (Å²) in [6.07, 6.45) is 0. The standard InChI is InChI=1S/C9H6Cl2N2OS/c10-6-3-1-2-4-7(6)14-5-8-12-13-9(11)15-8/h1-4H,5H2. The van der Waals surface area contributed by atoms with Crippen molar-refractivity contribution in [3.05, 3.63) is 38.8 Å². The lowest BCUT2D eigenvalue weighted by atomic mass is 10.3. The van der Waals surface area contributed by atoms with Gasteiger partial charge in [-0.25, -0.2) is 0 Å². The number of nitrogens with zero attached hydrogens (tertiary/aromatic N) is 2. The molecule has 0 saturated heterocycles. The molecule has 0 bridgehead atoms. The Morgan fingerprint density at radius 2 is 2.00 bits per heavy atom. The first-order chi connectivity index (χ1) is 7.25. The van der Waals surface area contributed by atoms with Gasteiger partial charge in [0.15, 0.2) is 5.01 Å². The van der Waals surface area contributed by atoms with E-state index in [4.69, 9.17) is 27.9 Å². The van der Waals surface area contributed by atoms with Crippen molar-refractivity contribution in [2.45, 2.75) is 6.61 Å². The third kappa shape index (κ3) is 2.81. The Hall–Kier alpha value is -0.840. The van der Waals surface area contributed by atoms with Gasteiger partial charge in [0.2, 0.25) is 4.47 Å². The van der Waals surface area contributed by atoms with E-state index in [-0.39, 0.29) is 0 Å². The number of rotatable bonds is 3. The van der Waals surface area contributed by atoms with Gasteiger partial charge in [0.25, 0.3) is 0 Å². The fraction of sp³-hybridized carbons (Fsp3) is 0.111. The molecule has 0 amide bonds. The number of ether oxygens (including phenoxy) is 1. The molecule has 1 heterocycles. The molecule has 2 rings (SSSR count). The first-order valence-electron chi connectivity index (χ1n) is 4.11. The second-order valence-corrected chi connectivity index (χ2v) is 4.72. The Labute approximate surface area is 101 Å². The molecule has 0 radical (unpaired) electrons. The summed E-state index contributed by atoms with van der Waals surface area (Å²) in [6.45, 7) is 0.328. The lowest BCUT2D eigenvalue weighted by molar-refractivity contribution is 0.305. The van der Waals surface area contributed by atoms with Crippen molar-refractivity contribution in [2.24, 2.45) is 0 Å². The molecule has 0 atom stereocenters. The zero-order chi connectivity index (χ0) is 10.7. The van der Waals surface area contributed by atoms with Gasteiger partial charge in [0.05, 0.1) is 5.02 Å². The Balaban J connectivity index is 2.02. The van der Waals surface area contributed by atoms with Crippen LogP contribution in [0.4, 0.5) is 0 Å². The predicted octanol–water partition coefficient (Wildman–Crippen LogP) is 3.42. The van der Waals surface area contributed by atoms with Gasteiger partial charge in [-0.1, -0.05) is 35.1 Å². The van der Waals surface area contributed by atoms with Crippen LogP contribution in [-0.2, 0) is 6.61 Å². The summed E-state index contributed by atoms with van der Waals surface area (Å²) in [5.41, 5.74) is 0. The Morgan fingerprint density at radius 1 is 1.20 bits per heavy atom. The second kappa shape index (κ2) is 4.79. The summed E-state index contributed by atoms with van der Waals surface area (Å²) >= 11 is 12.8. The van der Waals surface area contributed by atoms with E-state index in [2.05, 4.69) is 10.2 Å². The van der Waals surface area contributed by atoms with E-state index in [9.17, 15) is 0 Å². The highest BCUT2D eigenvalue weighted by Gasteiger charge is 2.04. The molecule has 15 heavy (non-hydrogen) atoms. The van der Waals surface area contributed by atoms with E-state index in [0.29, 0.717) is 21.8 Å². The van der Waals surface area contributed by atoms with Crippen molar-refractivity contribution >= 4 is 34.5 Å². The van der Waals surface area contributed by atoms with Crippen LogP contribution >= 0.6 is 34.5 Å². The van der Waals surface area contributed by atoms with Crippen LogP contribution < -0.4 is 4.74 Å². The molecule has 0 saturated carbocycles. The molecule has 0 fully saturated rings. The van der Waals surface area contributed by atoms with Crippen LogP contribution in [0.5, 0.6) is 5.75 Å². The molecule has 3 nitrogen and oxygen atoms in total. The average molecular weight is 261 g/mol. The maximum absolute atomic E-state index is 5.91. The molecule has 0 aliphatic rings. The molecule has 0 spiro atoms. The Morgan fingerprint density at radius 3 is 2.67 bits per heavy atom. The van der Waals surface area contributed by atoms with Gasteiger partial charge in [0.1, 0.15) is 12.4 Å². The van der Waals surface area contributed by atoms with E-state index in [1.807, 2.05) is 12.1 Å². The van der Waals surface area contributed by atoms with Crippen LogP contribution in [-0.4, -0.2) is 10.2 Å². The summed E-state index contributed by atoms with van der Waals surface area (Å²) in [4.78, 5) is 0. The third-order valence-electron chi connectivity index (χ3n) is 1.63. The number of hydrogen-bond donors (Lipinski definition) is 0. The molecule has 2 aromatic rings. The Bertz CT molecular complexity index is 461. The maximum Gasteiger partial charge on any atom is 0.207 e. The molecule has 0 aliphatic carbocycles. The fourth-order valence-corrected chi connectivity index (χ4v) is 1.96.